The maximum atomic E-state index is 11.7. The Morgan fingerprint density at radius 2 is 2.17 bits per heavy atom. The van der Waals surface area contributed by atoms with Crippen LogP contribution < -0.4 is 5.43 Å². The quantitative estimate of drug-likeness (QED) is 0.639. The summed E-state index contributed by atoms with van der Waals surface area (Å²) in [6, 6.07) is 9.73. The molecule has 3 nitrogen and oxygen atoms in total. The molecule has 18 heavy (non-hydrogen) atoms. The van der Waals surface area contributed by atoms with Crippen LogP contribution in [0.3, 0.4) is 0 Å². The van der Waals surface area contributed by atoms with Crippen LogP contribution in [0.15, 0.2) is 47.6 Å². The van der Waals surface area contributed by atoms with Crippen molar-refractivity contribution in [2.24, 2.45) is 16.9 Å². The van der Waals surface area contributed by atoms with Crippen LogP contribution in [0.2, 0.25) is 0 Å². The molecule has 1 aromatic rings. The van der Waals surface area contributed by atoms with Gasteiger partial charge in [-0.3, -0.25) is 4.79 Å². The topological polar surface area (TPSA) is 41.5 Å². The molecule has 92 valence electrons. The highest BCUT2D eigenvalue weighted by Crippen LogP contribution is 2.39. The lowest BCUT2D eigenvalue weighted by molar-refractivity contribution is -0.120. The van der Waals surface area contributed by atoms with Crippen LogP contribution in [0.4, 0.5) is 0 Å². The van der Waals surface area contributed by atoms with E-state index < -0.39 is 0 Å². The van der Waals surface area contributed by atoms with E-state index in [9.17, 15) is 4.79 Å². The molecule has 1 aromatic carbocycles. The Kier molecular flexibility index (Phi) is 2.97. The summed E-state index contributed by atoms with van der Waals surface area (Å²) in [6.07, 6.45) is 6.95. The van der Waals surface area contributed by atoms with E-state index in [4.69, 9.17) is 0 Å². The number of benzene rings is 1. The van der Waals surface area contributed by atoms with Crippen molar-refractivity contribution in [1.82, 2.24) is 5.43 Å². The third kappa shape index (κ3) is 2.21. The minimum atomic E-state index is -0.0388. The summed E-state index contributed by atoms with van der Waals surface area (Å²) in [5.41, 5.74) is 4.83. The van der Waals surface area contributed by atoms with E-state index in [1.54, 1.807) is 0 Å². The van der Waals surface area contributed by atoms with Crippen molar-refractivity contribution in [2.45, 2.75) is 19.3 Å². The largest absolute Gasteiger partial charge is 0.273 e. The molecule has 0 heterocycles. The van der Waals surface area contributed by atoms with E-state index in [1.807, 2.05) is 30.3 Å². The summed E-state index contributed by atoms with van der Waals surface area (Å²) in [4.78, 5) is 11.7. The van der Waals surface area contributed by atoms with Gasteiger partial charge in [0.2, 0.25) is 5.91 Å². The van der Waals surface area contributed by atoms with Crippen LogP contribution in [0.25, 0.3) is 0 Å². The molecule has 0 spiro atoms. The Labute approximate surface area is 107 Å². The number of hydrogen-bond acceptors (Lipinski definition) is 2. The first-order valence-electron chi connectivity index (χ1n) is 6.39. The van der Waals surface area contributed by atoms with E-state index in [0.29, 0.717) is 18.3 Å². The number of carbonyl (C=O) groups excluding carboxylic acids is 1. The third-order valence-electron chi connectivity index (χ3n) is 3.69. The Bertz CT molecular complexity index is 504. The number of hydrazone groups is 1. The monoisotopic (exact) mass is 240 g/mol. The molecule has 1 saturated carbocycles. The second-order valence-corrected chi connectivity index (χ2v) is 4.94. The number of nitrogens with one attached hydrogen (secondary N) is 1. The molecule has 0 aromatic heterocycles. The predicted molar refractivity (Wildman–Crippen MR) is 71.1 cm³/mol. The molecular weight excluding hydrogens is 224 g/mol. The average Bonchev–Trinajstić information content (AvgIpc) is 2.72. The molecule has 0 saturated heterocycles. The lowest BCUT2D eigenvalue weighted by Crippen LogP contribution is -2.35. The number of allylic oxidation sites excluding steroid dienone is 2. The van der Waals surface area contributed by atoms with Gasteiger partial charge in [-0.25, -0.2) is 5.43 Å². The molecule has 2 unspecified atom stereocenters. The van der Waals surface area contributed by atoms with Crippen LogP contribution >= 0.6 is 0 Å². The summed E-state index contributed by atoms with van der Waals surface area (Å²) < 4.78 is 0. The van der Waals surface area contributed by atoms with Crippen molar-refractivity contribution in [2.75, 3.05) is 0 Å². The van der Waals surface area contributed by atoms with Gasteiger partial charge in [0.1, 0.15) is 0 Å². The van der Waals surface area contributed by atoms with Crippen molar-refractivity contribution < 1.29 is 4.79 Å². The summed E-state index contributed by atoms with van der Waals surface area (Å²) in [5, 5.41) is 4.25. The first-order chi connectivity index (χ1) is 8.83. The zero-order valence-corrected chi connectivity index (χ0v) is 10.2. The van der Waals surface area contributed by atoms with Crippen LogP contribution in [0.1, 0.15) is 18.4 Å². The lowest BCUT2D eigenvalue weighted by atomic mass is 9.74. The lowest BCUT2D eigenvalue weighted by Gasteiger charge is -2.31. The molecule has 3 heteroatoms. The van der Waals surface area contributed by atoms with Gasteiger partial charge >= 0.3 is 0 Å². The fourth-order valence-corrected chi connectivity index (χ4v) is 2.62. The highest BCUT2D eigenvalue weighted by atomic mass is 16.2. The summed E-state index contributed by atoms with van der Waals surface area (Å²) in [5.74, 6) is 1.19. The van der Waals surface area contributed by atoms with Crippen LogP contribution in [-0.2, 0) is 11.2 Å². The first kappa shape index (κ1) is 11.2. The number of amides is 1. The molecule has 1 N–H and O–H groups in total. The number of carbonyl (C=O) groups is 1. The maximum Gasteiger partial charge on any atom is 0.244 e. The fraction of sp³-hybridized carbons (Fsp3) is 0.333. The number of fused-ring (bicyclic) bond motifs is 1. The van der Waals surface area contributed by atoms with Gasteiger partial charge in [-0.1, -0.05) is 42.5 Å². The molecule has 1 amide bonds. The normalized spacial score (nSPS) is 26.8. The molecular formula is C15H16N2O. The van der Waals surface area contributed by atoms with E-state index in [2.05, 4.69) is 22.7 Å². The van der Waals surface area contributed by atoms with Gasteiger partial charge in [0.25, 0.3) is 0 Å². The molecule has 3 rings (SSSR count). The number of rotatable bonds is 3. The standard InChI is InChI=1S/C15H16N2O/c18-15(9-11-5-2-1-3-6-11)17-16-14-10-12-7-4-8-13(12)14/h1-7,12-13H,8-10H2,(H,17,18)/b16-14-. The van der Waals surface area contributed by atoms with Crippen molar-refractivity contribution in [3.05, 3.63) is 48.0 Å². The van der Waals surface area contributed by atoms with E-state index in [-0.39, 0.29) is 5.91 Å². The van der Waals surface area contributed by atoms with Crippen molar-refractivity contribution >= 4 is 11.6 Å². The smallest absolute Gasteiger partial charge is 0.244 e. The van der Waals surface area contributed by atoms with E-state index in [1.165, 1.54) is 0 Å². The van der Waals surface area contributed by atoms with Gasteiger partial charge in [0.15, 0.2) is 0 Å². The minimum Gasteiger partial charge on any atom is -0.273 e. The number of hydrogen-bond donors (Lipinski definition) is 1. The van der Waals surface area contributed by atoms with Crippen LogP contribution in [0, 0.1) is 11.8 Å². The van der Waals surface area contributed by atoms with Gasteiger partial charge in [-0.15, -0.1) is 0 Å². The second-order valence-electron chi connectivity index (χ2n) is 4.94. The molecule has 2 atom stereocenters. The zero-order valence-electron chi connectivity index (χ0n) is 10.2. The Morgan fingerprint density at radius 1 is 1.33 bits per heavy atom. The fourth-order valence-electron chi connectivity index (χ4n) is 2.62. The van der Waals surface area contributed by atoms with Crippen molar-refractivity contribution in [3.8, 4) is 0 Å². The Balaban J connectivity index is 1.52. The second kappa shape index (κ2) is 4.77. The molecule has 0 radical (unpaired) electrons. The molecule has 0 bridgehead atoms. The Hall–Kier alpha value is -1.90. The summed E-state index contributed by atoms with van der Waals surface area (Å²) in [7, 11) is 0. The summed E-state index contributed by atoms with van der Waals surface area (Å²) >= 11 is 0. The SMILES string of the molecule is O=C(Cc1ccccc1)N/N=C1/CC2C=CCC12. The zero-order chi connectivity index (χ0) is 12.4. The van der Waals surface area contributed by atoms with E-state index >= 15 is 0 Å². The highest BCUT2D eigenvalue weighted by Gasteiger charge is 2.37. The maximum absolute atomic E-state index is 11.7. The van der Waals surface area contributed by atoms with E-state index in [0.717, 1.165) is 24.1 Å². The minimum absolute atomic E-state index is 0.0388. The van der Waals surface area contributed by atoms with Crippen molar-refractivity contribution in [1.29, 1.82) is 0 Å². The first-order valence-corrected chi connectivity index (χ1v) is 6.39. The van der Waals surface area contributed by atoms with Gasteiger partial charge in [0, 0.05) is 11.6 Å². The molecule has 2 aliphatic rings. The third-order valence-corrected chi connectivity index (χ3v) is 3.69. The van der Waals surface area contributed by atoms with Crippen LogP contribution in [-0.4, -0.2) is 11.6 Å². The molecule has 2 aliphatic carbocycles. The highest BCUT2D eigenvalue weighted by molar-refractivity contribution is 5.95. The molecule has 1 fully saturated rings. The molecule has 0 aliphatic heterocycles. The average molecular weight is 240 g/mol. The van der Waals surface area contributed by atoms with Crippen molar-refractivity contribution in [3.63, 3.8) is 0 Å². The van der Waals surface area contributed by atoms with Gasteiger partial charge in [0.05, 0.1) is 6.42 Å². The van der Waals surface area contributed by atoms with Gasteiger partial charge in [-0.2, -0.15) is 5.10 Å². The van der Waals surface area contributed by atoms with Gasteiger partial charge < -0.3 is 0 Å². The predicted octanol–water partition coefficient (Wildman–Crippen LogP) is 2.30. The summed E-state index contributed by atoms with van der Waals surface area (Å²) in [6.45, 7) is 0. The number of nitrogens with zero attached hydrogens (tertiary/aromatic N) is 1. The van der Waals surface area contributed by atoms with Crippen LogP contribution in [0.5, 0.6) is 0 Å². The van der Waals surface area contributed by atoms with Gasteiger partial charge in [-0.05, 0) is 24.3 Å². The Morgan fingerprint density at radius 3 is 2.94 bits per heavy atom.